The second-order valence-electron chi connectivity index (χ2n) is 4.32. The highest BCUT2D eigenvalue weighted by Crippen LogP contribution is 2.51. The molecule has 1 spiro atoms. The summed E-state index contributed by atoms with van der Waals surface area (Å²) in [7, 11) is 0. The first-order chi connectivity index (χ1) is 6.02. The Labute approximate surface area is 76.5 Å². The lowest BCUT2D eigenvalue weighted by molar-refractivity contribution is -0.166. The topological polar surface area (TPSA) is 57.6 Å². The minimum atomic E-state index is -0.688. The van der Waals surface area contributed by atoms with Gasteiger partial charge in [0.2, 0.25) is 5.91 Å². The Bertz CT molecular complexity index is 231. The van der Waals surface area contributed by atoms with E-state index in [1.807, 2.05) is 0 Å². The lowest BCUT2D eigenvalue weighted by atomic mass is 9.58. The Morgan fingerprint density at radius 1 is 1.38 bits per heavy atom. The second kappa shape index (κ2) is 2.47. The standard InChI is InChI=1S/C9H13NO3/c1-6(11)10-4-9(5-10)2-7(3-9)8(12)13/h7H,2-5H2,1H3,(H,12,13). The molecule has 72 valence electrons. The largest absolute Gasteiger partial charge is 0.481 e. The van der Waals surface area contributed by atoms with Crippen LogP contribution in [0.25, 0.3) is 0 Å². The Hall–Kier alpha value is -1.06. The van der Waals surface area contributed by atoms with Crippen LogP contribution in [0.15, 0.2) is 0 Å². The molecule has 0 unspecified atom stereocenters. The lowest BCUT2D eigenvalue weighted by Gasteiger charge is -2.57. The summed E-state index contributed by atoms with van der Waals surface area (Å²) in [4.78, 5) is 23.2. The molecule has 13 heavy (non-hydrogen) atoms. The van der Waals surface area contributed by atoms with Crippen molar-refractivity contribution in [2.75, 3.05) is 13.1 Å². The van der Waals surface area contributed by atoms with E-state index in [1.54, 1.807) is 11.8 Å². The van der Waals surface area contributed by atoms with Crippen LogP contribution in [0.1, 0.15) is 19.8 Å². The fourth-order valence-electron chi connectivity index (χ4n) is 2.40. The molecule has 0 aromatic carbocycles. The van der Waals surface area contributed by atoms with Crippen molar-refractivity contribution in [2.24, 2.45) is 11.3 Å². The molecule has 1 saturated heterocycles. The quantitative estimate of drug-likeness (QED) is 0.637. The summed E-state index contributed by atoms with van der Waals surface area (Å²) in [6.07, 6.45) is 1.51. The maximum absolute atomic E-state index is 10.9. The van der Waals surface area contributed by atoms with E-state index in [1.165, 1.54) is 0 Å². The van der Waals surface area contributed by atoms with E-state index in [9.17, 15) is 9.59 Å². The monoisotopic (exact) mass is 183 g/mol. The van der Waals surface area contributed by atoms with Gasteiger partial charge < -0.3 is 10.0 Å². The van der Waals surface area contributed by atoms with Gasteiger partial charge in [0.05, 0.1) is 5.92 Å². The van der Waals surface area contributed by atoms with E-state index in [0.29, 0.717) is 0 Å². The molecule has 0 aromatic rings. The molecule has 4 nitrogen and oxygen atoms in total. The van der Waals surface area contributed by atoms with Crippen LogP contribution in [0.3, 0.4) is 0 Å². The number of amides is 1. The molecule has 1 N–H and O–H groups in total. The highest BCUT2D eigenvalue weighted by molar-refractivity contribution is 5.75. The van der Waals surface area contributed by atoms with Crippen LogP contribution in [0.4, 0.5) is 0 Å². The van der Waals surface area contributed by atoms with Crippen molar-refractivity contribution in [1.29, 1.82) is 0 Å². The minimum absolute atomic E-state index is 0.101. The van der Waals surface area contributed by atoms with Crippen LogP contribution in [0.2, 0.25) is 0 Å². The smallest absolute Gasteiger partial charge is 0.306 e. The average Bonchev–Trinajstić information content (AvgIpc) is 1.78. The van der Waals surface area contributed by atoms with Gasteiger partial charge in [-0.3, -0.25) is 9.59 Å². The van der Waals surface area contributed by atoms with Crippen molar-refractivity contribution >= 4 is 11.9 Å². The van der Waals surface area contributed by atoms with Crippen molar-refractivity contribution in [1.82, 2.24) is 4.90 Å². The van der Waals surface area contributed by atoms with E-state index >= 15 is 0 Å². The number of nitrogens with zero attached hydrogens (tertiary/aromatic N) is 1. The van der Waals surface area contributed by atoms with Crippen LogP contribution in [-0.2, 0) is 9.59 Å². The molecule has 4 heteroatoms. The Kier molecular flexibility index (Phi) is 1.62. The van der Waals surface area contributed by atoms with Gasteiger partial charge in [-0.05, 0) is 12.8 Å². The van der Waals surface area contributed by atoms with Crippen molar-refractivity contribution < 1.29 is 14.7 Å². The fourth-order valence-corrected chi connectivity index (χ4v) is 2.40. The Balaban J connectivity index is 1.82. The normalized spacial score (nSPS) is 25.2. The van der Waals surface area contributed by atoms with Gasteiger partial charge in [0, 0.05) is 25.4 Å². The zero-order valence-corrected chi connectivity index (χ0v) is 7.62. The molecule has 1 aliphatic carbocycles. The minimum Gasteiger partial charge on any atom is -0.481 e. The molecule has 0 aromatic heterocycles. The molecular formula is C9H13NO3. The number of hydrogen-bond acceptors (Lipinski definition) is 2. The van der Waals surface area contributed by atoms with Gasteiger partial charge in [-0.2, -0.15) is 0 Å². The van der Waals surface area contributed by atoms with Gasteiger partial charge in [0.1, 0.15) is 0 Å². The fraction of sp³-hybridized carbons (Fsp3) is 0.778. The first-order valence-electron chi connectivity index (χ1n) is 4.51. The molecule has 0 atom stereocenters. The van der Waals surface area contributed by atoms with Crippen molar-refractivity contribution in [3.63, 3.8) is 0 Å². The van der Waals surface area contributed by atoms with Crippen molar-refractivity contribution in [2.45, 2.75) is 19.8 Å². The van der Waals surface area contributed by atoms with Crippen LogP contribution < -0.4 is 0 Å². The van der Waals surface area contributed by atoms with Gasteiger partial charge >= 0.3 is 5.97 Å². The highest BCUT2D eigenvalue weighted by Gasteiger charge is 2.55. The van der Waals surface area contributed by atoms with E-state index in [0.717, 1.165) is 25.9 Å². The predicted molar refractivity (Wildman–Crippen MR) is 45.0 cm³/mol. The van der Waals surface area contributed by atoms with Gasteiger partial charge in [-0.1, -0.05) is 0 Å². The molecule has 2 fully saturated rings. The summed E-state index contributed by atoms with van der Waals surface area (Å²) in [5.41, 5.74) is 0.175. The first kappa shape index (κ1) is 8.53. The zero-order chi connectivity index (χ0) is 9.64. The van der Waals surface area contributed by atoms with Gasteiger partial charge in [-0.15, -0.1) is 0 Å². The molecule has 0 radical (unpaired) electrons. The average molecular weight is 183 g/mol. The predicted octanol–water partition coefficient (Wildman–Crippen LogP) is 0.329. The number of carboxylic acid groups (broad SMARTS) is 1. The number of carbonyl (C=O) groups is 2. The van der Waals surface area contributed by atoms with Gasteiger partial charge in [0.25, 0.3) is 0 Å². The van der Waals surface area contributed by atoms with E-state index in [2.05, 4.69) is 0 Å². The zero-order valence-electron chi connectivity index (χ0n) is 7.62. The first-order valence-corrected chi connectivity index (χ1v) is 4.51. The van der Waals surface area contributed by atoms with E-state index in [-0.39, 0.29) is 17.2 Å². The van der Waals surface area contributed by atoms with Crippen LogP contribution in [0.5, 0.6) is 0 Å². The van der Waals surface area contributed by atoms with Crippen LogP contribution in [-0.4, -0.2) is 35.0 Å². The summed E-state index contributed by atoms with van der Waals surface area (Å²) >= 11 is 0. The summed E-state index contributed by atoms with van der Waals surface area (Å²) in [6.45, 7) is 3.10. The number of carbonyl (C=O) groups excluding carboxylic acids is 1. The molecule has 1 aliphatic heterocycles. The summed E-state index contributed by atoms with van der Waals surface area (Å²) in [5.74, 6) is -0.745. The highest BCUT2D eigenvalue weighted by atomic mass is 16.4. The summed E-state index contributed by atoms with van der Waals surface area (Å²) in [6, 6.07) is 0. The van der Waals surface area contributed by atoms with Gasteiger partial charge in [0.15, 0.2) is 0 Å². The van der Waals surface area contributed by atoms with Crippen molar-refractivity contribution in [3.8, 4) is 0 Å². The molecule has 2 aliphatic rings. The van der Waals surface area contributed by atoms with Crippen LogP contribution >= 0.6 is 0 Å². The molecule has 1 saturated carbocycles. The maximum Gasteiger partial charge on any atom is 0.306 e. The van der Waals surface area contributed by atoms with E-state index < -0.39 is 5.97 Å². The van der Waals surface area contributed by atoms with Crippen LogP contribution in [0, 0.1) is 11.3 Å². The SMILES string of the molecule is CC(=O)N1CC2(CC(C(=O)O)C2)C1. The molecule has 1 heterocycles. The Morgan fingerprint density at radius 3 is 2.31 bits per heavy atom. The third-order valence-corrected chi connectivity index (χ3v) is 3.21. The van der Waals surface area contributed by atoms with E-state index in [4.69, 9.17) is 5.11 Å². The molecular weight excluding hydrogens is 170 g/mol. The molecule has 2 rings (SSSR count). The summed E-state index contributed by atoms with van der Waals surface area (Å²) < 4.78 is 0. The number of rotatable bonds is 1. The molecule has 0 bridgehead atoms. The number of likely N-dealkylation sites (tertiary alicyclic amines) is 1. The third-order valence-electron chi connectivity index (χ3n) is 3.21. The number of carboxylic acids is 1. The molecule has 1 amide bonds. The second-order valence-corrected chi connectivity index (χ2v) is 4.32. The number of hydrogen-bond donors (Lipinski definition) is 1. The third kappa shape index (κ3) is 1.20. The number of aliphatic carboxylic acids is 1. The lowest BCUT2D eigenvalue weighted by Crippen LogP contribution is -2.64. The van der Waals surface area contributed by atoms with Gasteiger partial charge in [-0.25, -0.2) is 0 Å². The maximum atomic E-state index is 10.9. The Morgan fingerprint density at radius 2 is 1.92 bits per heavy atom. The van der Waals surface area contributed by atoms with Crippen molar-refractivity contribution in [3.05, 3.63) is 0 Å². The summed E-state index contributed by atoms with van der Waals surface area (Å²) in [5, 5.41) is 8.68.